The number of hydrogen-bond acceptors (Lipinski definition) is 4. The summed E-state index contributed by atoms with van der Waals surface area (Å²) in [7, 11) is 0. The van der Waals surface area contributed by atoms with Gasteiger partial charge in [-0.1, -0.05) is 42.5 Å². The highest BCUT2D eigenvalue weighted by Gasteiger charge is 2.22. The van der Waals surface area contributed by atoms with Crippen molar-refractivity contribution in [2.24, 2.45) is 5.92 Å². The summed E-state index contributed by atoms with van der Waals surface area (Å²) in [6, 6.07) is 13.7. The molecule has 0 aliphatic heterocycles. The molecule has 2 N–H and O–H groups in total. The van der Waals surface area contributed by atoms with Gasteiger partial charge in [0.2, 0.25) is 5.76 Å². The number of aromatic nitrogens is 1. The molecule has 26 heavy (non-hydrogen) atoms. The van der Waals surface area contributed by atoms with Crippen molar-refractivity contribution in [2.75, 3.05) is 6.54 Å². The Kier molecular flexibility index (Phi) is 5.02. The van der Waals surface area contributed by atoms with Crippen LogP contribution in [0.5, 0.6) is 0 Å². The smallest absolute Gasteiger partial charge is 0.308 e. The first-order valence-electron chi connectivity index (χ1n) is 8.37. The van der Waals surface area contributed by atoms with Crippen molar-refractivity contribution < 1.29 is 19.1 Å². The number of nitrogens with one attached hydrogen (secondary N) is 1. The van der Waals surface area contributed by atoms with Crippen LogP contribution in [0.3, 0.4) is 0 Å². The van der Waals surface area contributed by atoms with E-state index in [0.29, 0.717) is 18.0 Å². The van der Waals surface area contributed by atoms with Gasteiger partial charge in [0.25, 0.3) is 5.91 Å². The van der Waals surface area contributed by atoms with Gasteiger partial charge >= 0.3 is 5.97 Å². The normalized spacial score (nSPS) is 12.1. The van der Waals surface area contributed by atoms with Gasteiger partial charge in [0.1, 0.15) is 0 Å². The fraction of sp³-hybridized carbons (Fsp3) is 0.250. The molecule has 0 spiro atoms. The standard InChI is InChI=1S/C20H20N2O4/c1-12-18(26-13(2)22-12)19(23)21-11-16(20(24)25)10-15-8-5-7-14-6-3-4-9-17(14)15/h3-9,16H,10-11H2,1-2H3,(H,21,23)(H,24,25). The predicted octanol–water partition coefficient (Wildman–Crippen LogP) is 3.12. The Balaban J connectivity index is 1.74. The molecule has 0 saturated heterocycles. The van der Waals surface area contributed by atoms with E-state index in [1.165, 1.54) is 0 Å². The van der Waals surface area contributed by atoms with Crippen LogP contribution >= 0.6 is 0 Å². The lowest BCUT2D eigenvalue weighted by atomic mass is 9.95. The highest BCUT2D eigenvalue weighted by atomic mass is 16.4. The van der Waals surface area contributed by atoms with Gasteiger partial charge in [0.15, 0.2) is 5.89 Å². The van der Waals surface area contributed by atoms with Crippen LogP contribution in [0.15, 0.2) is 46.9 Å². The summed E-state index contributed by atoms with van der Waals surface area (Å²) in [5, 5.41) is 14.3. The average Bonchev–Trinajstić information content (AvgIpc) is 2.96. The number of benzene rings is 2. The first-order valence-corrected chi connectivity index (χ1v) is 8.37. The lowest BCUT2D eigenvalue weighted by Crippen LogP contribution is -2.34. The van der Waals surface area contributed by atoms with Crippen molar-refractivity contribution >= 4 is 22.6 Å². The maximum absolute atomic E-state index is 12.2. The molecule has 1 amide bonds. The predicted molar refractivity (Wildman–Crippen MR) is 97.1 cm³/mol. The van der Waals surface area contributed by atoms with Crippen LogP contribution in [0, 0.1) is 19.8 Å². The highest BCUT2D eigenvalue weighted by molar-refractivity contribution is 5.92. The number of carboxylic acids is 1. The monoisotopic (exact) mass is 352 g/mol. The molecule has 134 valence electrons. The van der Waals surface area contributed by atoms with Crippen molar-refractivity contribution in [3.05, 3.63) is 65.4 Å². The van der Waals surface area contributed by atoms with E-state index < -0.39 is 17.8 Å². The molecule has 0 saturated carbocycles. The molecule has 0 radical (unpaired) electrons. The van der Waals surface area contributed by atoms with Gasteiger partial charge in [-0.2, -0.15) is 0 Å². The van der Waals surface area contributed by atoms with Gasteiger partial charge < -0.3 is 14.8 Å². The Morgan fingerprint density at radius 2 is 1.88 bits per heavy atom. The Morgan fingerprint density at radius 1 is 1.15 bits per heavy atom. The van der Waals surface area contributed by atoms with Gasteiger partial charge in [-0.3, -0.25) is 9.59 Å². The molecule has 6 nitrogen and oxygen atoms in total. The Labute approximate surface area is 150 Å². The number of hydrogen-bond donors (Lipinski definition) is 2. The maximum Gasteiger partial charge on any atom is 0.308 e. The van der Waals surface area contributed by atoms with Crippen LogP contribution in [0.1, 0.15) is 27.7 Å². The van der Waals surface area contributed by atoms with E-state index in [9.17, 15) is 14.7 Å². The lowest BCUT2D eigenvalue weighted by molar-refractivity contribution is -0.141. The SMILES string of the molecule is Cc1nc(C)c(C(=O)NCC(Cc2cccc3ccccc23)C(=O)O)o1. The number of nitrogens with zero attached hydrogens (tertiary/aromatic N) is 1. The van der Waals surface area contributed by atoms with Crippen molar-refractivity contribution in [3.8, 4) is 0 Å². The highest BCUT2D eigenvalue weighted by Crippen LogP contribution is 2.21. The molecule has 0 aliphatic rings. The third-order valence-corrected chi connectivity index (χ3v) is 4.31. The second kappa shape index (κ2) is 7.39. The molecule has 0 fully saturated rings. The maximum atomic E-state index is 12.2. The number of aryl methyl sites for hydroxylation is 2. The lowest BCUT2D eigenvalue weighted by Gasteiger charge is -2.14. The zero-order valence-corrected chi connectivity index (χ0v) is 14.7. The number of carbonyl (C=O) groups is 2. The molecule has 1 unspecified atom stereocenters. The molecule has 2 aromatic carbocycles. The van der Waals surface area contributed by atoms with E-state index in [2.05, 4.69) is 10.3 Å². The van der Waals surface area contributed by atoms with Gasteiger partial charge in [-0.25, -0.2) is 4.98 Å². The van der Waals surface area contributed by atoms with E-state index >= 15 is 0 Å². The van der Waals surface area contributed by atoms with Crippen LogP contribution in [0.25, 0.3) is 10.8 Å². The van der Waals surface area contributed by atoms with E-state index in [1.54, 1.807) is 13.8 Å². The fourth-order valence-electron chi connectivity index (χ4n) is 3.02. The van der Waals surface area contributed by atoms with Crippen LogP contribution in [0.2, 0.25) is 0 Å². The van der Waals surface area contributed by atoms with E-state index in [4.69, 9.17) is 4.42 Å². The summed E-state index contributed by atoms with van der Waals surface area (Å²) < 4.78 is 5.27. The molecule has 1 atom stereocenters. The fourth-order valence-corrected chi connectivity index (χ4v) is 3.02. The van der Waals surface area contributed by atoms with Crippen LogP contribution in [-0.2, 0) is 11.2 Å². The minimum absolute atomic E-state index is 0.0105. The summed E-state index contributed by atoms with van der Waals surface area (Å²) in [6.07, 6.45) is 0.325. The molecule has 0 aliphatic carbocycles. The van der Waals surface area contributed by atoms with Gasteiger partial charge in [0, 0.05) is 13.5 Å². The van der Waals surface area contributed by atoms with Crippen molar-refractivity contribution in [1.82, 2.24) is 10.3 Å². The number of aliphatic carboxylic acids is 1. The molecule has 6 heteroatoms. The van der Waals surface area contributed by atoms with Crippen molar-refractivity contribution in [3.63, 3.8) is 0 Å². The van der Waals surface area contributed by atoms with Gasteiger partial charge in [0.05, 0.1) is 11.6 Å². The summed E-state index contributed by atoms with van der Waals surface area (Å²) in [5.41, 5.74) is 1.43. The van der Waals surface area contributed by atoms with Crippen LogP contribution in [-0.4, -0.2) is 28.5 Å². The van der Waals surface area contributed by atoms with E-state index in [1.807, 2.05) is 42.5 Å². The zero-order valence-electron chi connectivity index (χ0n) is 14.7. The number of carboxylic acid groups (broad SMARTS) is 1. The van der Waals surface area contributed by atoms with Gasteiger partial charge in [-0.15, -0.1) is 0 Å². The van der Waals surface area contributed by atoms with Crippen molar-refractivity contribution in [2.45, 2.75) is 20.3 Å². The quantitative estimate of drug-likeness (QED) is 0.711. The number of fused-ring (bicyclic) bond motifs is 1. The molecule has 1 aromatic heterocycles. The Bertz CT molecular complexity index is 956. The van der Waals surface area contributed by atoms with E-state index in [-0.39, 0.29) is 12.3 Å². The minimum atomic E-state index is -0.955. The number of amides is 1. The summed E-state index contributed by atoms with van der Waals surface area (Å²) in [5.74, 6) is -1.62. The summed E-state index contributed by atoms with van der Waals surface area (Å²) in [6.45, 7) is 3.34. The molecular weight excluding hydrogens is 332 g/mol. The zero-order chi connectivity index (χ0) is 18.7. The Morgan fingerprint density at radius 3 is 2.58 bits per heavy atom. The summed E-state index contributed by atoms with van der Waals surface area (Å²) >= 11 is 0. The number of carbonyl (C=O) groups excluding carboxylic acids is 1. The molecule has 3 rings (SSSR count). The van der Waals surface area contributed by atoms with Crippen molar-refractivity contribution in [1.29, 1.82) is 0 Å². The Hall–Kier alpha value is -3.15. The first kappa shape index (κ1) is 17.7. The third-order valence-electron chi connectivity index (χ3n) is 4.31. The molecule has 1 heterocycles. The van der Waals surface area contributed by atoms with Crippen LogP contribution in [0.4, 0.5) is 0 Å². The second-order valence-electron chi connectivity index (χ2n) is 6.24. The summed E-state index contributed by atoms with van der Waals surface area (Å²) in [4.78, 5) is 28.0. The van der Waals surface area contributed by atoms with Crippen LogP contribution < -0.4 is 5.32 Å². The molecule has 0 bridgehead atoms. The second-order valence-corrected chi connectivity index (χ2v) is 6.24. The third kappa shape index (κ3) is 3.74. The minimum Gasteiger partial charge on any atom is -0.481 e. The largest absolute Gasteiger partial charge is 0.481 e. The molecular formula is C20H20N2O4. The van der Waals surface area contributed by atoms with Gasteiger partial charge in [-0.05, 0) is 29.7 Å². The van der Waals surface area contributed by atoms with E-state index in [0.717, 1.165) is 16.3 Å². The first-order chi connectivity index (χ1) is 12.5. The topological polar surface area (TPSA) is 92.4 Å². The average molecular weight is 352 g/mol. The number of rotatable bonds is 6. The molecule has 3 aromatic rings. The number of oxazole rings is 1.